The van der Waals surface area contributed by atoms with E-state index in [0.29, 0.717) is 23.6 Å². The van der Waals surface area contributed by atoms with Gasteiger partial charge in [-0.2, -0.15) is 0 Å². The molecule has 1 spiro atoms. The van der Waals surface area contributed by atoms with Crippen molar-refractivity contribution in [2.24, 2.45) is 5.41 Å². The number of hydrogen-bond donors (Lipinski definition) is 1. The summed E-state index contributed by atoms with van der Waals surface area (Å²) in [6.45, 7) is 7.39. The number of nitrogens with zero attached hydrogens (tertiary/aromatic N) is 1. The Kier molecular flexibility index (Phi) is 5.77. The van der Waals surface area contributed by atoms with Gasteiger partial charge in [0.15, 0.2) is 0 Å². The third-order valence-electron chi connectivity index (χ3n) is 6.32. The summed E-state index contributed by atoms with van der Waals surface area (Å²) in [6, 6.07) is 1.42. The molecule has 22 heavy (non-hydrogen) atoms. The van der Waals surface area contributed by atoms with Gasteiger partial charge in [0, 0.05) is 37.8 Å². The third-order valence-corrected chi connectivity index (χ3v) is 6.32. The van der Waals surface area contributed by atoms with E-state index in [1.54, 1.807) is 7.11 Å². The quantitative estimate of drug-likeness (QED) is 0.783. The predicted octanol–water partition coefficient (Wildman–Crippen LogP) is 2.42. The molecule has 1 N–H and O–H groups in total. The first kappa shape index (κ1) is 16.7. The molecule has 3 rings (SSSR count). The molecular formula is C18H34N2O2. The average molecular weight is 310 g/mol. The molecule has 1 saturated heterocycles. The van der Waals surface area contributed by atoms with E-state index in [0.717, 1.165) is 19.8 Å². The monoisotopic (exact) mass is 310 g/mol. The van der Waals surface area contributed by atoms with Crippen LogP contribution in [0.25, 0.3) is 0 Å². The first-order valence-corrected chi connectivity index (χ1v) is 9.37. The Morgan fingerprint density at radius 3 is 2.55 bits per heavy atom. The Morgan fingerprint density at radius 2 is 1.91 bits per heavy atom. The number of nitrogens with one attached hydrogen (secondary N) is 1. The van der Waals surface area contributed by atoms with Crippen molar-refractivity contribution in [3.63, 3.8) is 0 Å². The van der Waals surface area contributed by atoms with Crippen molar-refractivity contribution in [2.45, 2.75) is 70.1 Å². The zero-order valence-electron chi connectivity index (χ0n) is 14.5. The van der Waals surface area contributed by atoms with Crippen LogP contribution in [0.5, 0.6) is 0 Å². The van der Waals surface area contributed by atoms with Gasteiger partial charge in [-0.25, -0.2) is 0 Å². The van der Waals surface area contributed by atoms with Crippen molar-refractivity contribution in [3.8, 4) is 0 Å². The molecule has 128 valence electrons. The molecule has 3 fully saturated rings. The van der Waals surface area contributed by atoms with Gasteiger partial charge in [0.25, 0.3) is 0 Å². The highest BCUT2D eigenvalue weighted by atomic mass is 16.5. The first-order valence-electron chi connectivity index (χ1n) is 9.37. The number of ether oxygens (including phenoxy) is 2. The van der Waals surface area contributed by atoms with Crippen molar-refractivity contribution in [2.75, 3.05) is 40.0 Å². The lowest BCUT2D eigenvalue weighted by Crippen LogP contribution is -2.65. The fraction of sp³-hybridized carbons (Fsp3) is 1.00. The number of likely N-dealkylation sites (tertiary alicyclic amines) is 1. The Balaban J connectivity index is 1.46. The van der Waals surface area contributed by atoms with Crippen LogP contribution in [-0.4, -0.2) is 63.0 Å². The van der Waals surface area contributed by atoms with E-state index in [1.807, 2.05) is 0 Å². The van der Waals surface area contributed by atoms with Gasteiger partial charge in [0.2, 0.25) is 0 Å². The van der Waals surface area contributed by atoms with Crippen LogP contribution in [0.1, 0.15) is 51.9 Å². The third kappa shape index (κ3) is 3.35. The highest BCUT2D eigenvalue weighted by molar-refractivity contribution is 5.10. The molecule has 0 aromatic carbocycles. The van der Waals surface area contributed by atoms with Crippen LogP contribution in [0.4, 0.5) is 0 Å². The molecule has 1 heterocycles. The molecule has 0 aromatic heterocycles. The zero-order chi connectivity index (χ0) is 15.4. The largest absolute Gasteiger partial charge is 0.383 e. The Labute approximate surface area is 135 Å². The van der Waals surface area contributed by atoms with Crippen LogP contribution in [0.3, 0.4) is 0 Å². The molecule has 1 aliphatic heterocycles. The van der Waals surface area contributed by atoms with E-state index in [-0.39, 0.29) is 0 Å². The van der Waals surface area contributed by atoms with E-state index in [2.05, 4.69) is 17.1 Å². The second-order valence-electron chi connectivity index (χ2n) is 7.45. The minimum Gasteiger partial charge on any atom is -0.383 e. The molecular weight excluding hydrogens is 276 g/mol. The molecule has 0 bridgehead atoms. The highest BCUT2D eigenvalue weighted by Crippen LogP contribution is 2.55. The van der Waals surface area contributed by atoms with E-state index < -0.39 is 0 Å². The maximum atomic E-state index is 6.03. The Morgan fingerprint density at radius 1 is 1.18 bits per heavy atom. The SMILES string of the molecule is CCO[C@H]1C[C@H](NC2CCN(CCOC)CC2)C12CCCC2. The van der Waals surface area contributed by atoms with Crippen LogP contribution in [0.2, 0.25) is 0 Å². The van der Waals surface area contributed by atoms with Gasteiger partial charge in [-0.15, -0.1) is 0 Å². The second kappa shape index (κ2) is 7.61. The molecule has 2 saturated carbocycles. The summed E-state index contributed by atoms with van der Waals surface area (Å²) in [4.78, 5) is 2.54. The van der Waals surface area contributed by atoms with Crippen LogP contribution in [0, 0.1) is 5.41 Å². The summed E-state index contributed by atoms with van der Waals surface area (Å²) >= 11 is 0. The average Bonchev–Trinajstić information content (AvgIpc) is 3.06. The topological polar surface area (TPSA) is 33.7 Å². The van der Waals surface area contributed by atoms with Crippen molar-refractivity contribution < 1.29 is 9.47 Å². The van der Waals surface area contributed by atoms with Crippen LogP contribution in [0.15, 0.2) is 0 Å². The number of methoxy groups -OCH3 is 1. The van der Waals surface area contributed by atoms with Gasteiger partial charge in [-0.1, -0.05) is 12.8 Å². The standard InChI is InChI=1S/C18H34N2O2/c1-3-22-17-14-16(18(17)8-4-5-9-18)19-15-6-10-20(11-7-15)12-13-21-2/h15-17,19H,3-14H2,1-2H3/t16-,17-/m0/s1. The highest BCUT2D eigenvalue weighted by Gasteiger charge is 2.56. The lowest BCUT2D eigenvalue weighted by atomic mass is 9.60. The second-order valence-corrected chi connectivity index (χ2v) is 7.45. The van der Waals surface area contributed by atoms with Gasteiger partial charge >= 0.3 is 0 Å². The van der Waals surface area contributed by atoms with Gasteiger partial charge in [0.05, 0.1) is 12.7 Å². The van der Waals surface area contributed by atoms with Gasteiger partial charge in [0.1, 0.15) is 0 Å². The fourth-order valence-corrected chi connectivity index (χ4v) is 4.95. The smallest absolute Gasteiger partial charge is 0.0661 e. The van der Waals surface area contributed by atoms with Crippen molar-refractivity contribution in [1.29, 1.82) is 0 Å². The van der Waals surface area contributed by atoms with Crippen molar-refractivity contribution >= 4 is 0 Å². The Hall–Kier alpha value is -0.160. The van der Waals surface area contributed by atoms with Gasteiger partial charge in [-0.3, -0.25) is 0 Å². The van der Waals surface area contributed by atoms with E-state index in [4.69, 9.17) is 9.47 Å². The summed E-state index contributed by atoms with van der Waals surface area (Å²) in [5.41, 5.74) is 0.475. The summed E-state index contributed by atoms with van der Waals surface area (Å²) < 4.78 is 11.2. The molecule has 0 radical (unpaired) electrons. The summed E-state index contributed by atoms with van der Waals surface area (Å²) in [6.07, 6.45) is 9.89. The number of piperidine rings is 1. The van der Waals surface area contributed by atoms with Crippen LogP contribution in [-0.2, 0) is 9.47 Å². The maximum Gasteiger partial charge on any atom is 0.0661 e. The Bertz CT molecular complexity index is 336. The van der Waals surface area contributed by atoms with Crippen molar-refractivity contribution in [3.05, 3.63) is 0 Å². The summed E-state index contributed by atoms with van der Waals surface area (Å²) in [7, 11) is 1.79. The summed E-state index contributed by atoms with van der Waals surface area (Å²) in [5, 5.41) is 4.02. The van der Waals surface area contributed by atoms with E-state index >= 15 is 0 Å². The molecule has 0 amide bonds. The molecule has 3 aliphatic rings. The minimum absolute atomic E-state index is 0.475. The molecule has 0 aromatic rings. The molecule has 4 heteroatoms. The zero-order valence-corrected chi connectivity index (χ0v) is 14.5. The molecule has 2 aliphatic carbocycles. The lowest BCUT2D eigenvalue weighted by Gasteiger charge is -2.55. The molecule has 4 nitrogen and oxygen atoms in total. The van der Waals surface area contributed by atoms with Crippen LogP contribution >= 0.6 is 0 Å². The maximum absolute atomic E-state index is 6.03. The lowest BCUT2D eigenvalue weighted by molar-refractivity contribution is -0.133. The van der Waals surface area contributed by atoms with Gasteiger partial charge < -0.3 is 19.7 Å². The predicted molar refractivity (Wildman–Crippen MR) is 89.2 cm³/mol. The van der Waals surface area contributed by atoms with Crippen molar-refractivity contribution in [1.82, 2.24) is 10.2 Å². The first-order chi connectivity index (χ1) is 10.8. The van der Waals surface area contributed by atoms with Crippen LogP contribution < -0.4 is 5.32 Å². The molecule has 0 unspecified atom stereocenters. The number of rotatable bonds is 7. The summed E-state index contributed by atoms with van der Waals surface area (Å²) in [5.74, 6) is 0. The molecule has 2 atom stereocenters. The number of hydrogen-bond acceptors (Lipinski definition) is 4. The minimum atomic E-state index is 0.475. The van der Waals surface area contributed by atoms with E-state index in [1.165, 1.54) is 58.0 Å². The fourth-order valence-electron chi connectivity index (χ4n) is 4.95. The normalized spacial score (nSPS) is 32.5. The van der Waals surface area contributed by atoms with E-state index in [9.17, 15) is 0 Å². The van der Waals surface area contributed by atoms with Gasteiger partial charge in [-0.05, 0) is 52.1 Å².